The Labute approximate surface area is 177 Å². The first-order chi connectivity index (χ1) is 14.5. The van der Waals surface area contributed by atoms with Crippen molar-refractivity contribution in [1.82, 2.24) is 20.4 Å². The average molecular weight is 417 g/mol. The van der Waals surface area contributed by atoms with Crippen molar-refractivity contribution >= 4 is 5.91 Å². The summed E-state index contributed by atoms with van der Waals surface area (Å²) >= 11 is 0. The van der Waals surface area contributed by atoms with Crippen LogP contribution in [0.4, 0.5) is 0 Å². The lowest BCUT2D eigenvalue weighted by atomic mass is 9.97. The number of aromatic nitrogens is 2. The third kappa shape index (κ3) is 5.72. The molecule has 0 radical (unpaired) electrons. The van der Waals surface area contributed by atoms with Crippen LogP contribution in [0.3, 0.4) is 0 Å². The van der Waals surface area contributed by atoms with E-state index < -0.39 is 0 Å². The number of methoxy groups -OCH3 is 2. The Bertz CT molecular complexity index is 836. The molecule has 1 fully saturated rings. The predicted octanol–water partition coefficient (Wildman–Crippen LogP) is 3.13. The van der Waals surface area contributed by atoms with E-state index in [1.807, 2.05) is 18.2 Å². The number of nitrogens with zero attached hydrogens (tertiary/aromatic N) is 3. The second-order valence-electron chi connectivity index (χ2n) is 8.13. The highest BCUT2D eigenvalue weighted by Crippen LogP contribution is 2.31. The lowest BCUT2D eigenvalue weighted by Gasteiger charge is -2.30. The maximum atomic E-state index is 12.5. The number of carbonyl (C=O) groups excluding carboxylic acids is 1. The van der Waals surface area contributed by atoms with Gasteiger partial charge >= 0.3 is 0 Å². The van der Waals surface area contributed by atoms with Crippen LogP contribution in [0.2, 0.25) is 0 Å². The van der Waals surface area contributed by atoms with Crippen LogP contribution in [0, 0.1) is 11.8 Å². The maximum Gasteiger partial charge on any atom is 0.241 e. The number of carbonyl (C=O) groups is 1. The average Bonchev–Trinajstić information content (AvgIpc) is 3.21. The second kappa shape index (κ2) is 10.4. The first-order valence-corrected chi connectivity index (χ1v) is 10.5. The van der Waals surface area contributed by atoms with Gasteiger partial charge < -0.3 is 19.3 Å². The Morgan fingerprint density at radius 2 is 2.10 bits per heavy atom. The summed E-state index contributed by atoms with van der Waals surface area (Å²) in [6.07, 6.45) is 2.91. The van der Waals surface area contributed by atoms with Crippen LogP contribution in [0.1, 0.15) is 39.0 Å². The minimum absolute atomic E-state index is 0.0131. The van der Waals surface area contributed by atoms with Crippen LogP contribution in [-0.4, -0.2) is 54.8 Å². The normalized spacial score (nSPS) is 17.2. The molecule has 1 N–H and O–H groups in total. The van der Waals surface area contributed by atoms with E-state index in [-0.39, 0.29) is 11.8 Å². The molecule has 2 aromatic rings. The summed E-state index contributed by atoms with van der Waals surface area (Å²) in [6.45, 7) is 7.23. The molecule has 1 aromatic carbocycles. The first-order valence-electron chi connectivity index (χ1n) is 10.5. The summed E-state index contributed by atoms with van der Waals surface area (Å²) in [5, 5.41) is 7.18. The fraction of sp³-hybridized carbons (Fsp3) is 0.591. The van der Waals surface area contributed by atoms with Crippen LogP contribution in [0.5, 0.6) is 11.5 Å². The van der Waals surface area contributed by atoms with E-state index in [9.17, 15) is 4.79 Å². The van der Waals surface area contributed by atoms with Crippen molar-refractivity contribution in [2.75, 3.05) is 33.9 Å². The molecular formula is C22H32N4O4. The van der Waals surface area contributed by atoms with Crippen LogP contribution < -0.4 is 14.8 Å². The summed E-state index contributed by atoms with van der Waals surface area (Å²) in [5.41, 5.74) is 0.795. The summed E-state index contributed by atoms with van der Waals surface area (Å²) in [4.78, 5) is 19.2. The second-order valence-corrected chi connectivity index (χ2v) is 8.13. The van der Waals surface area contributed by atoms with Crippen LogP contribution in [0.25, 0.3) is 11.4 Å². The van der Waals surface area contributed by atoms with Gasteiger partial charge in [0.05, 0.1) is 26.7 Å². The van der Waals surface area contributed by atoms with Crippen molar-refractivity contribution in [3.05, 3.63) is 24.1 Å². The molecule has 1 amide bonds. The fourth-order valence-corrected chi connectivity index (χ4v) is 3.64. The quantitative estimate of drug-likeness (QED) is 0.672. The number of ether oxygens (including phenoxy) is 2. The Morgan fingerprint density at radius 1 is 1.30 bits per heavy atom. The van der Waals surface area contributed by atoms with Gasteiger partial charge in [-0.05, 0) is 49.9 Å². The summed E-state index contributed by atoms with van der Waals surface area (Å²) in [5.74, 6) is 3.06. The molecule has 1 aromatic heterocycles. The summed E-state index contributed by atoms with van der Waals surface area (Å²) < 4.78 is 16.1. The van der Waals surface area contributed by atoms with E-state index in [4.69, 9.17) is 14.0 Å². The monoisotopic (exact) mass is 416 g/mol. The summed E-state index contributed by atoms with van der Waals surface area (Å²) in [7, 11) is 3.19. The van der Waals surface area contributed by atoms with Crippen molar-refractivity contribution in [3.63, 3.8) is 0 Å². The SMILES string of the molecule is COc1ccc(-c2noc(CN3CCCC(C(=O)NCCC(C)C)C3)n2)cc1OC. The third-order valence-corrected chi connectivity index (χ3v) is 5.37. The smallest absolute Gasteiger partial charge is 0.241 e. The molecule has 2 heterocycles. The maximum absolute atomic E-state index is 12.5. The van der Waals surface area contributed by atoms with E-state index in [1.165, 1.54) is 0 Å². The first kappa shape index (κ1) is 22.1. The number of piperidine rings is 1. The van der Waals surface area contributed by atoms with Crippen molar-refractivity contribution in [3.8, 4) is 22.9 Å². The molecule has 0 spiro atoms. The highest BCUT2D eigenvalue weighted by molar-refractivity contribution is 5.78. The largest absolute Gasteiger partial charge is 0.493 e. The molecule has 8 heteroatoms. The molecule has 0 aliphatic carbocycles. The van der Waals surface area contributed by atoms with Gasteiger partial charge in [-0.2, -0.15) is 4.98 Å². The molecule has 1 unspecified atom stereocenters. The van der Waals surface area contributed by atoms with Crippen molar-refractivity contribution in [2.45, 2.75) is 39.7 Å². The van der Waals surface area contributed by atoms with E-state index in [2.05, 4.69) is 34.2 Å². The Kier molecular flexibility index (Phi) is 7.68. The van der Waals surface area contributed by atoms with Crippen LogP contribution in [0.15, 0.2) is 22.7 Å². The van der Waals surface area contributed by atoms with E-state index in [1.54, 1.807) is 14.2 Å². The zero-order chi connectivity index (χ0) is 21.5. The van der Waals surface area contributed by atoms with Crippen molar-refractivity contribution in [2.24, 2.45) is 11.8 Å². The Balaban J connectivity index is 1.58. The molecule has 0 bridgehead atoms. The predicted molar refractivity (Wildman–Crippen MR) is 113 cm³/mol. The van der Waals surface area contributed by atoms with Crippen molar-refractivity contribution < 1.29 is 18.8 Å². The van der Waals surface area contributed by atoms with Gasteiger partial charge in [-0.3, -0.25) is 9.69 Å². The van der Waals surface area contributed by atoms with Gasteiger partial charge in [0.15, 0.2) is 11.5 Å². The zero-order valence-corrected chi connectivity index (χ0v) is 18.3. The molecule has 30 heavy (non-hydrogen) atoms. The van der Waals surface area contributed by atoms with Crippen LogP contribution in [-0.2, 0) is 11.3 Å². The van der Waals surface area contributed by atoms with Gasteiger partial charge in [-0.15, -0.1) is 0 Å². The third-order valence-electron chi connectivity index (χ3n) is 5.37. The standard InChI is InChI=1S/C22H32N4O4/c1-15(2)9-10-23-22(27)17-6-5-11-26(13-17)14-20-24-21(25-30-20)16-7-8-18(28-3)19(12-16)29-4/h7-8,12,15,17H,5-6,9-11,13-14H2,1-4H3,(H,23,27). The molecule has 164 valence electrons. The van der Waals surface area contributed by atoms with Crippen molar-refractivity contribution in [1.29, 1.82) is 0 Å². The Morgan fingerprint density at radius 3 is 2.83 bits per heavy atom. The van der Waals surface area contributed by atoms with Gasteiger partial charge in [-0.1, -0.05) is 19.0 Å². The topological polar surface area (TPSA) is 89.7 Å². The number of likely N-dealkylation sites (tertiary alicyclic amines) is 1. The fourth-order valence-electron chi connectivity index (χ4n) is 3.64. The number of hydrogen-bond donors (Lipinski definition) is 1. The van der Waals surface area contributed by atoms with Crippen LogP contribution >= 0.6 is 0 Å². The molecule has 1 atom stereocenters. The highest BCUT2D eigenvalue weighted by atomic mass is 16.5. The minimum Gasteiger partial charge on any atom is -0.493 e. The van der Waals surface area contributed by atoms with Gasteiger partial charge in [0.1, 0.15) is 0 Å². The highest BCUT2D eigenvalue weighted by Gasteiger charge is 2.26. The van der Waals surface area contributed by atoms with Gasteiger partial charge in [0.25, 0.3) is 0 Å². The lowest BCUT2D eigenvalue weighted by Crippen LogP contribution is -2.43. The number of rotatable bonds is 9. The van der Waals surface area contributed by atoms with Gasteiger partial charge in [0.2, 0.25) is 17.6 Å². The molecule has 1 aliphatic heterocycles. The zero-order valence-electron chi connectivity index (χ0n) is 18.3. The Hall–Kier alpha value is -2.61. The van der Waals surface area contributed by atoms with E-state index in [0.29, 0.717) is 42.2 Å². The number of benzene rings is 1. The van der Waals surface area contributed by atoms with E-state index in [0.717, 1.165) is 37.9 Å². The molecule has 0 saturated carbocycles. The number of hydrogen-bond acceptors (Lipinski definition) is 7. The number of nitrogens with one attached hydrogen (secondary N) is 1. The van der Waals surface area contributed by atoms with Gasteiger partial charge in [-0.25, -0.2) is 0 Å². The molecule has 1 aliphatic rings. The molecule has 8 nitrogen and oxygen atoms in total. The summed E-state index contributed by atoms with van der Waals surface area (Å²) in [6, 6.07) is 5.51. The molecular weight excluding hydrogens is 384 g/mol. The minimum atomic E-state index is 0.0131. The number of amides is 1. The van der Waals surface area contributed by atoms with Gasteiger partial charge in [0, 0.05) is 18.7 Å². The molecule has 3 rings (SSSR count). The molecule has 1 saturated heterocycles. The lowest BCUT2D eigenvalue weighted by molar-refractivity contribution is -0.126. The van der Waals surface area contributed by atoms with E-state index >= 15 is 0 Å².